The number of nitrogens with two attached hydrogens (primary N) is 1. The highest BCUT2D eigenvalue weighted by Gasteiger charge is 2.13. The fourth-order valence-electron chi connectivity index (χ4n) is 1.69. The van der Waals surface area contributed by atoms with Crippen LogP contribution in [0, 0.1) is 5.82 Å². The third kappa shape index (κ3) is 1.99. The van der Waals surface area contributed by atoms with Gasteiger partial charge in [0.05, 0.1) is 31.2 Å². The van der Waals surface area contributed by atoms with Gasteiger partial charge in [0.1, 0.15) is 5.82 Å². The monoisotopic (exact) mass is 215 g/mol. The standard InChI is InChI=1S/C10H12ClFN2/c11-9-7-8(1-2-10(9)12)14-5-3-13-4-6-14/h1-2,7,13H,3-6H2/p+1. The number of hydrogen-bond acceptors (Lipinski definition) is 1. The fourth-order valence-corrected chi connectivity index (χ4v) is 1.87. The lowest BCUT2D eigenvalue weighted by atomic mass is 10.2. The molecule has 1 saturated heterocycles. The maximum Gasteiger partial charge on any atom is 0.141 e. The van der Waals surface area contributed by atoms with Gasteiger partial charge in [-0.05, 0) is 18.2 Å². The molecule has 76 valence electrons. The first kappa shape index (κ1) is 9.74. The molecule has 14 heavy (non-hydrogen) atoms. The molecule has 1 aromatic carbocycles. The third-order valence-electron chi connectivity index (χ3n) is 2.47. The molecule has 1 heterocycles. The summed E-state index contributed by atoms with van der Waals surface area (Å²) in [7, 11) is 0. The van der Waals surface area contributed by atoms with Crippen molar-refractivity contribution in [2.24, 2.45) is 0 Å². The minimum absolute atomic E-state index is 0.206. The smallest absolute Gasteiger partial charge is 0.141 e. The van der Waals surface area contributed by atoms with Crippen LogP contribution in [-0.2, 0) is 0 Å². The van der Waals surface area contributed by atoms with Crippen LogP contribution in [0.4, 0.5) is 10.1 Å². The van der Waals surface area contributed by atoms with Gasteiger partial charge in [0.15, 0.2) is 0 Å². The van der Waals surface area contributed by atoms with Gasteiger partial charge in [0.25, 0.3) is 0 Å². The molecule has 0 saturated carbocycles. The molecule has 1 aliphatic heterocycles. The average molecular weight is 216 g/mol. The Morgan fingerprint density at radius 1 is 1.29 bits per heavy atom. The van der Waals surface area contributed by atoms with Crippen molar-refractivity contribution in [1.82, 2.24) is 0 Å². The molecular weight excluding hydrogens is 203 g/mol. The van der Waals surface area contributed by atoms with Crippen molar-refractivity contribution in [1.29, 1.82) is 0 Å². The molecule has 0 atom stereocenters. The number of rotatable bonds is 1. The number of quaternary nitrogens is 1. The minimum atomic E-state index is -0.348. The van der Waals surface area contributed by atoms with E-state index < -0.39 is 0 Å². The highest BCUT2D eigenvalue weighted by Crippen LogP contribution is 2.22. The van der Waals surface area contributed by atoms with Crippen molar-refractivity contribution >= 4 is 17.3 Å². The van der Waals surface area contributed by atoms with E-state index in [1.54, 1.807) is 12.1 Å². The molecule has 4 heteroatoms. The first-order chi connectivity index (χ1) is 6.77. The summed E-state index contributed by atoms with van der Waals surface area (Å²) in [6.07, 6.45) is 0. The maximum absolute atomic E-state index is 12.9. The molecule has 1 aliphatic rings. The topological polar surface area (TPSA) is 19.9 Å². The molecule has 2 rings (SSSR count). The quantitative estimate of drug-likeness (QED) is 0.737. The van der Waals surface area contributed by atoms with Crippen LogP contribution in [0.5, 0.6) is 0 Å². The molecule has 0 spiro atoms. The van der Waals surface area contributed by atoms with Crippen LogP contribution in [0.3, 0.4) is 0 Å². The van der Waals surface area contributed by atoms with Crippen molar-refractivity contribution in [2.75, 3.05) is 31.1 Å². The van der Waals surface area contributed by atoms with Crippen LogP contribution >= 0.6 is 11.6 Å². The van der Waals surface area contributed by atoms with Crippen LogP contribution in [0.2, 0.25) is 5.02 Å². The third-order valence-corrected chi connectivity index (χ3v) is 2.76. The summed E-state index contributed by atoms with van der Waals surface area (Å²) in [4.78, 5) is 2.23. The van der Waals surface area contributed by atoms with Crippen LogP contribution < -0.4 is 10.2 Å². The van der Waals surface area contributed by atoms with Crippen LogP contribution in [-0.4, -0.2) is 26.2 Å². The van der Waals surface area contributed by atoms with E-state index in [0.29, 0.717) is 0 Å². The Labute approximate surface area is 87.7 Å². The summed E-state index contributed by atoms with van der Waals surface area (Å²) in [6, 6.07) is 4.91. The molecule has 2 nitrogen and oxygen atoms in total. The molecule has 0 aliphatic carbocycles. The van der Waals surface area contributed by atoms with Crippen LogP contribution in [0.1, 0.15) is 0 Å². The van der Waals surface area contributed by atoms with Crippen molar-refractivity contribution in [2.45, 2.75) is 0 Å². The number of hydrogen-bond donors (Lipinski definition) is 1. The van der Waals surface area contributed by atoms with Gasteiger partial charge in [0.2, 0.25) is 0 Å². The minimum Gasteiger partial charge on any atom is -0.360 e. The zero-order valence-corrected chi connectivity index (χ0v) is 8.60. The number of nitrogens with zero attached hydrogens (tertiary/aromatic N) is 1. The Kier molecular flexibility index (Phi) is 2.89. The highest BCUT2D eigenvalue weighted by atomic mass is 35.5. The Balaban J connectivity index is 2.18. The van der Waals surface area contributed by atoms with Gasteiger partial charge in [-0.1, -0.05) is 11.6 Å². The largest absolute Gasteiger partial charge is 0.360 e. The second-order valence-corrected chi connectivity index (χ2v) is 3.86. The summed E-state index contributed by atoms with van der Waals surface area (Å²) >= 11 is 5.72. The SMILES string of the molecule is Fc1ccc(N2CC[NH2+]CC2)cc1Cl. The molecule has 0 bridgehead atoms. The van der Waals surface area contributed by atoms with Crippen molar-refractivity contribution in [3.05, 3.63) is 29.0 Å². The molecule has 0 aromatic heterocycles. The lowest BCUT2D eigenvalue weighted by Gasteiger charge is -2.27. The van der Waals surface area contributed by atoms with Gasteiger partial charge in [-0.2, -0.15) is 0 Å². The molecule has 0 amide bonds. The number of halogens is 2. The lowest BCUT2D eigenvalue weighted by Crippen LogP contribution is -2.89. The Bertz CT molecular complexity index is 324. The van der Waals surface area contributed by atoms with Gasteiger partial charge in [-0.15, -0.1) is 0 Å². The summed E-state index contributed by atoms with van der Waals surface area (Å²) in [6.45, 7) is 4.19. The summed E-state index contributed by atoms with van der Waals surface area (Å²) in [5.41, 5.74) is 1.02. The zero-order valence-electron chi connectivity index (χ0n) is 7.84. The van der Waals surface area contributed by atoms with Crippen LogP contribution in [0.15, 0.2) is 18.2 Å². The first-order valence-corrected chi connectivity index (χ1v) is 5.17. The number of anilines is 1. The molecular formula is C10H13ClFN2+. The van der Waals surface area contributed by atoms with Gasteiger partial charge in [-0.25, -0.2) is 4.39 Å². The van der Waals surface area contributed by atoms with E-state index in [1.807, 2.05) is 0 Å². The Morgan fingerprint density at radius 2 is 2.00 bits per heavy atom. The average Bonchev–Trinajstić information content (AvgIpc) is 2.23. The number of piperazine rings is 1. The van der Waals surface area contributed by atoms with Crippen molar-refractivity contribution in [3.63, 3.8) is 0 Å². The lowest BCUT2D eigenvalue weighted by molar-refractivity contribution is -0.655. The van der Waals surface area contributed by atoms with E-state index in [0.717, 1.165) is 31.9 Å². The maximum atomic E-state index is 12.9. The van der Waals surface area contributed by atoms with Gasteiger partial charge >= 0.3 is 0 Å². The summed E-state index contributed by atoms with van der Waals surface area (Å²) in [5.74, 6) is -0.348. The second kappa shape index (κ2) is 4.15. The molecule has 1 fully saturated rings. The Hall–Kier alpha value is -0.800. The van der Waals surface area contributed by atoms with Gasteiger partial charge in [-0.3, -0.25) is 0 Å². The van der Waals surface area contributed by atoms with Gasteiger partial charge in [0, 0.05) is 5.69 Å². The molecule has 2 N–H and O–H groups in total. The van der Waals surface area contributed by atoms with Crippen molar-refractivity contribution < 1.29 is 9.71 Å². The molecule has 0 radical (unpaired) electrons. The van der Waals surface area contributed by atoms with Crippen LogP contribution in [0.25, 0.3) is 0 Å². The van der Waals surface area contributed by atoms with Gasteiger partial charge < -0.3 is 10.2 Å². The zero-order chi connectivity index (χ0) is 9.97. The molecule has 0 unspecified atom stereocenters. The predicted octanol–water partition coefficient (Wildman–Crippen LogP) is 0.862. The van der Waals surface area contributed by atoms with Crippen molar-refractivity contribution in [3.8, 4) is 0 Å². The van der Waals surface area contributed by atoms with E-state index in [1.165, 1.54) is 6.07 Å². The van der Waals surface area contributed by atoms with E-state index in [-0.39, 0.29) is 10.8 Å². The van der Waals surface area contributed by atoms with E-state index in [2.05, 4.69) is 10.2 Å². The Morgan fingerprint density at radius 3 is 2.64 bits per heavy atom. The predicted molar refractivity (Wildman–Crippen MR) is 55.3 cm³/mol. The highest BCUT2D eigenvalue weighted by molar-refractivity contribution is 6.31. The first-order valence-electron chi connectivity index (χ1n) is 4.79. The van der Waals surface area contributed by atoms with E-state index in [4.69, 9.17) is 11.6 Å². The fraction of sp³-hybridized carbons (Fsp3) is 0.400. The normalized spacial score (nSPS) is 17.1. The molecule has 1 aromatic rings. The van der Waals surface area contributed by atoms with E-state index >= 15 is 0 Å². The summed E-state index contributed by atoms with van der Waals surface area (Å²) < 4.78 is 12.9. The summed E-state index contributed by atoms with van der Waals surface area (Å²) in [5, 5.41) is 2.49. The second-order valence-electron chi connectivity index (χ2n) is 3.45. The number of benzene rings is 1. The van der Waals surface area contributed by atoms with E-state index in [9.17, 15) is 4.39 Å².